The van der Waals surface area contributed by atoms with Gasteiger partial charge in [0.15, 0.2) is 21.6 Å². The highest BCUT2D eigenvalue weighted by atomic mass is 32.1. The quantitative estimate of drug-likeness (QED) is 0.364. The van der Waals surface area contributed by atoms with Crippen molar-refractivity contribution in [1.82, 2.24) is 15.0 Å². The summed E-state index contributed by atoms with van der Waals surface area (Å²) in [6.07, 6.45) is -9.14. The highest BCUT2D eigenvalue weighted by Gasteiger charge is 2.34. The van der Waals surface area contributed by atoms with E-state index in [9.17, 15) is 26.3 Å². The number of rotatable bonds is 3. The summed E-state index contributed by atoms with van der Waals surface area (Å²) in [6.45, 7) is 0. The lowest BCUT2D eigenvalue weighted by Crippen LogP contribution is -2.08. The third-order valence-corrected chi connectivity index (χ3v) is 5.00. The van der Waals surface area contributed by atoms with Crippen molar-refractivity contribution in [3.63, 3.8) is 0 Å². The van der Waals surface area contributed by atoms with E-state index in [1.807, 2.05) is 0 Å². The van der Waals surface area contributed by atoms with E-state index in [0.717, 1.165) is 29.5 Å². The van der Waals surface area contributed by atoms with E-state index in [0.29, 0.717) is 0 Å². The Morgan fingerprint density at radius 3 is 2.13 bits per heavy atom. The average molecular weight is 455 g/mol. The Kier molecular flexibility index (Phi) is 4.96. The van der Waals surface area contributed by atoms with Gasteiger partial charge in [-0.1, -0.05) is 29.5 Å². The van der Waals surface area contributed by atoms with Gasteiger partial charge in [0, 0.05) is 11.3 Å². The molecule has 0 saturated carbocycles. The normalized spacial score (nSPS) is 12.3. The first-order valence-electron chi connectivity index (χ1n) is 8.57. The second kappa shape index (κ2) is 7.38. The minimum Gasteiger partial charge on any atom is -0.375 e. The molecule has 2 heterocycles. The fourth-order valence-electron chi connectivity index (χ4n) is 2.85. The van der Waals surface area contributed by atoms with Gasteiger partial charge in [0.2, 0.25) is 0 Å². The molecular weight excluding hydrogens is 444 g/mol. The molecule has 0 fully saturated rings. The summed E-state index contributed by atoms with van der Waals surface area (Å²) in [5, 5.41) is 2.91. The van der Waals surface area contributed by atoms with Gasteiger partial charge in [0.25, 0.3) is 0 Å². The Labute approximate surface area is 174 Å². The SMILES string of the molecule is Nc1nc2c(Nc3ccc(C(F)(F)F)cc3)nc(-c3ccccc3C(F)(F)F)nc2s1. The van der Waals surface area contributed by atoms with Crippen molar-refractivity contribution >= 4 is 38.3 Å². The molecule has 0 aliphatic rings. The van der Waals surface area contributed by atoms with Gasteiger partial charge in [0.05, 0.1) is 11.1 Å². The van der Waals surface area contributed by atoms with E-state index in [1.165, 1.54) is 30.3 Å². The van der Waals surface area contributed by atoms with Crippen molar-refractivity contribution in [2.45, 2.75) is 12.4 Å². The number of hydrogen-bond donors (Lipinski definition) is 2. The molecule has 0 aliphatic heterocycles. The zero-order valence-corrected chi connectivity index (χ0v) is 16.0. The highest BCUT2D eigenvalue weighted by Crippen LogP contribution is 2.38. The summed E-state index contributed by atoms with van der Waals surface area (Å²) in [4.78, 5) is 12.6. The smallest absolute Gasteiger partial charge is 0.375 e. The molecule has 0 atom stereocenters. The Morgan fingerprint density at radius 2 is 1.48 bits per heavy atom. The third-order valence-electron chi connectivity index (χ3n) is 4.22. The van der Waals surface area contributed by atoms with Crippen LogP contribution in [-0.2, 0) is 12.4 Å². The van der Waals surface area contributed by atoms with E-state index in [4.69, 9.17) is 5.73 Å². The number of nitrogens with zero attached hydrogens (tertiary/aromatic N) is 3. The molecule has 2 aromatic heterocycles. The topological polar surface area (TPSA) is 76.7 Å². The molecule has 5 nitrogen and oxygen atoms in total. The van der Waals surface area contributed by atoms with Gasteiger partial charge >= 0.3 is 12.4 Å². The van der Waals surface area contributed by atoms with Crippen molar-refractivity contribution < 1.29 is 26.3 Å². The maximum Gasteiger partial charge on any atom is 0.417 e. The van der Waals surface area contributed by atoms with Gasteiger partial charge in [-0.15, -0.1) is 0 Å². The van der Waals surface area contributed by atoms with Crippen LogP contribution in [-0.4, -0.2) is 15.0 Å². The summed E-state index contributed by atoms with van der Waals surface area (Å²) < 4.78 is 78.7. The predicted molar refractivity (Wildman–Crippen MR) is 105 cm³/mol. The summed E-state index contributed by atoms with van der Waals surface area (Å²) in [7, 11) is 0. The fraction of sp³-hybridized carbons (Fsp3) is 0.105. The number of thiazole rings is 1. The first kappa shape index (κ1) is 20.8. The third kappa shape index (κ3) is 4.24. The molecular formula is C19H11F6N5S. The number of nitrogens with one attached hydrogen (secondary N) is 1. The first-order valence-corrected chi connectivity index (χ1v) is 9.39. The standard InChI is InChI=1S/C19H11F6N5S/c20-18(21,22)9-5-7-10(8-6-9)27-15-13-16(31-17(26)28-13)30-14(29-15)11-3-1-2-4-12(11)19(23,24)25/h1-8H,(H2,26,28)(H,27,29,30). The highest BCUT2D eigenvalue weighted by molar-refractivity contribution is 7.21. The van der Waals surface area contributed by atoms with Crippen LogP contribution in [0.2, 0.25) is 0 Å². The van der Waals surface area contributed by atoms with Gasteiger partial charge in [-0.3, -0.25) is 0 Å². The minimum atomic E-state index is -4.64. The summed E-state index contributed by atoms with van der Waals surface area (Å²) in [6, 6.07) is 8.90. The Hall–Kier alpha value is -3.41. The first-order chi connectivity index (χ1) is 14.5. The summed E-state index contributed by atoms with van der Waals surface area (Å²) in [5.74, 6) is -0.205. The molecule has 4 rings (SSSR count). The van der Waals surface area contributed by atoms with Crippen LogP contribution >= 0.6 is 11.3 Å². The molecule has 2 aromatic carbocycles. The molecule has 160 valence electrons. The van der Waals surface area contributed by atoms with E-state index in [1.54, 1.807) is 0 Å². The lowest BCUT2D eigenvalue weighted by molar-refractivity contribution is -0.138. The van der Waals surface area contributed by atoms with Crippen molar-refractivity contribution in [2.75, 3.05) is 11.1 Å². The second-order valence-electron chi connectivity index (χ2n) is 6.35. The van der Waals surface area contributed by atoms with Gasteiger partial charge in [-0.25, -0.2) is 15.0 Å². The zero-order valence-electron chi connectivity index (χ0n) is 15.2. The molecule has 12 heteroatoms. The molecule has 0 saturated heterocycles. The average Bonchev–Trinajstić information content (AvgIpc) is 3.07. The molecule has 0 unspecified atom stereocenters. The Bertz CT molecular complexity index is 1250. The number of benzene rings is 2. The van der Waals surface area contributed by atoms with Crippen LogP contribution in [0.4, 0.5) is 43.0 Å². The predicted octanol–water partition coefficient (Wildman–Crippen LogP) is 6.12. The van der Waals surface area contributed by atoms with Gasteiger partial charge < -0.3 is 11.1 Å². The van der Waals surface area contributed by atoms with Crippen molar-refractivity contribution in [2.24, 2.45) is 0 Å². The molecule has 31 heavy (non-hydrogen) atoms. The van der Waals surface area contributed by atoms with Crippen LogP contribution in [0.1, 0.15) is 11.1 Å². The van der Waals surface area contributed by atoms with Crippen molar-refractivity contribution in [3.8, 4) is 11.4 Å². The van der Waals surface area contributed by atoms with Gasteiger partial charge in [-0.05, 0) is 30.3 Å². The number of anilines is 3. The molecule has 0 bridgehead atoms. The lowest BCUT2D eigenvalue weighted by Gasteiger charge is -2.13. The van der Waals surface area contributed by atoms with Crippen LogP contribution in [0.15, 0.2) is 48.5 Å². The monoisotopic (exact) mass is 455 g/mol. The van der Waals surface area contributed by atoms with E-state index in [-0.39, 0.29) is 38.4 Å². The lowest BCUT2D eigenvalue weighted by atomic mass is 10.1. The molecule has 0 radical (unpaired) electrons. The van der Waals surface area contributed by atoms with Gasteiger partial charge in [-0.2, -0.15) is 26.3 Å². The molecule has 3 N–H and O–H groups in total. The largest absolute Gasteiger partial charge is 0.417 e. The minimum absolute atomic E-state index is 0.0182. The molecule has 0 spiro atoms. The fourth-order valence-corrected chi connectivity index (χ4v) is 3.56. The van der Waals surface area contributed by atoms with Gasteiger partial charge in [0.1, 0.15) is 5.52 Å². The summed E-state index contributed by atoms with van der Waals surface area (Å²) >= 11 is 0.950. The summed E-state index contributed by atoms with van der Waals surface area (Å²) in [5.41, 5.74) is 4.12. The molecule has 4 aromatic rings. The second-order valence-corrected chi connectivity index (χ2v) is 7.35. The Balaban J connectivity index is 1.82. The molecule has 0 aliphatic carbocycles. The van der Waals surface area contributed by atoms with E-state index in [2.05, 4.69) is 20.3 Å². The van der Waals surface area contributed by atoms with Crippen molar-refractivity contribution in [3.05, 3.63) is 59.7 Å². The zero-order chi connectivity index (χ0) is 22.4. The van der Waals surface area contributed by atoms with Crippen LogP contribution in [0.25, 0.3) is 21.7 Å². The van der Waals surface area contributed by atoms with Crippen LogP contribution < -0.4 is 11.1 Å². The van der Waals surface area contributed by atoms with E-state index >= 15 is 0 Å². The number of aromatic nitrogens is 3. The number of nitrogens with two attached hydrogens (primary N) is 1. The number of halogens is 6. The van der Waals surface area contributed by atoms with Crippen molar-refractivity contribution in [1.29, 1.82) is 0 Å². The maximum absolute atomic E-state index is 13.4. The van der Waals surface area contributed by atoms with Crippen LogP contribution in [0.3, 0.4) is 0 Å². The van der Waals surface area contributed by atoms with E-state index < -0.39 is 23.5 Å². The number of alkyl halides is 6. The molecule has 0 amide bonds. The van der Waals surface area contributed by atoms with Crippen LogP contribution in [0, 0.1) is 0 Å². The number of hydrogen-bond acceptors (Lipinski definition) is 6. The number of fused-ring (bicyclic) bond motifs is 1. The maximum atomic E-state index is 13.4. The number of nitrogen functional groups attached to an aromatic ring is 1. The Morgan fingerprint density at radius 1 is 0.806 bits per heavy atom. The van der Waals surface area contributed by atoms with Crippen LogP contribution in [0.5, 0.6) is 0 Å².